The van der Waals surface area contributed by atoms with Gasteiger partial charge in [-0.25, -0.2) is 8.42 Å². The van der Waals surface area contributed by atoms with Crippen molar-refractivity contribution in [1.82, 2.24) is 0 Å². The van der Waals surface area contributed by atoms with E-state index in [1.54, 1.807) is 0 Å². The second kappa shape index (κ2) is 6.04. The molecule has 0 amide bonds. The summed E-state index contributed by atoms with van der Waals surface area (Å²) in [5.41, 5.74) is 0. The highest BCUT2D eigenvalue weighted by Gasteiger charge is 2.60. The fraction of sp³-hybridized carbons (Fsp3) is 0.882. The van der Waals surface area contributed by atoms with Crippen LogP contribution in [0.5, 0.6) is 0 Å². The van der Waals surface area contributed by atoms with Crippen molar-refractivity contribution in [2.75, 3.05) is 6.61 Å². The number of allylic oxidation sites excluding steroid dienone is 2. The van der Waals surface area contributed by atoms with Gasteiger partial charge in [0.15, 0.2) is 9.84 Å². The van der Waals surface area contributed by atoms with Crippen LogP contribution in [-0.2, 0) is 9.84 Å². The molecule has 2 aliphatic carbocycles. The van der Waals surface area contributed by atoms with Gasteiger partial charge in [-0.05, 0) is 49.9 Å². The minimum atomic E-state index is -2.93. The monoisotopic (exact) mass is 312 g/mol. The zero-order valence-electron chi connectivity index (χ0n) is 12.9. The Kier molecular flexibility index (Phi) is 4.47. The van der Waals surface area contributed by atoms with Crippen molar-refractivity contribution in [3.63, 3.8) is 0 Å². The lowest BCUT2D eigenvalue weighted by Crippen LogP contribution is -2.27. The highest BCUT2D eigenvalue weighted by Crippen LogP contribution is 2.58. The van der Waals surface area contributed by atoms with Crippen molar-refractivity contribution in [2.24, 2.45) is 23.7 Å². The van der Waals surface area contributed by atoms with Crippen LogP contribution in [-0.4, -0.2) is 30.6 Å². The van der Waals surface area contributed by atoms with Crippen LogP contribution in [0, 0.1) is 23.7 Å². The van der Waals surface area contributed by atoms with Crippen molar-refractivity contribution in [2.45, 2.75) is 62.4 Å². The first-order chi connectivity index (χ1) is 10.1. The summed E-state index contributed by atoms with van der Waals surface area (Å²) >= 11 is 0. The van der Waals surface area contributed by atoms with E-state index in [4.69, 9.17) is 5.11 Å². The van der Waals surface area contributed by atoms with Gasteiger partial charge in [-0.15, -0.1) is 0 Å². The Hall–Kier alpha value is -0.350. The van der Waals surface area contributed by atoms with Gasteiger partial charge in [-0.1, -0.05) is 37.8 Å². The van der Waals surface area contributed by atoms with Crippen molar-refractivity contribution < 1.29 is 13.5 Å². The van der Waals surface area contributed by atoms with Crippen LogP contribution >= 0.6 is 0 Å². The van der Waals surface area contributed by atoms with Gasteiger partial charge in [0.2, 0.25) is 0 Å². The zero-order valence-corrected chi connectivity index (χ0v) is 13.8. The Morgan fingerprint density at radius 1 is 1.00 bits per heavy atom. The third-order valence-electron chi connectivity index (χ3n) is 6.14. The summed E-state index contributed by atoms with van der Waals surface area (Å²) < 4.78 is 25.5. The molecule has 0 radical (unpaired) electrons. The summed E-state index contributed by atoms with van der Waals surface area (Å²) in [6.45, 7) is 2.22. The average Bonchev–Trinajstić information content (AvgIpc) is 3.10. The molecule has 3 rings (SSSR count). The highest BCUT2D eigenvalue weighted by molar-refractivity contribution is 7.92. The van der Waals surface area contributed by atoms with Crippen LogP contribution in [0.2, 0.25) is 0 Å². The maximum Gasteiger partial charge on any atom is 0.156 e. The van der Waals surface area contributed by atoms with Gasteiger partial charge in [0, 0.05) is 6.61 Å². The van der Waals surface area contributed by atoms with Crippen molar-refractivity contribution in [3.05, 3.63) is 12.2 Å². The van der Waals surface area contributed by atoms with Gasteiger partial charge in [0.25, 0.3) is 0 Å². The standard InChI is InChI=1S/C17H28O3S/c1-12-16-13-8-9-14(11-13)17(16)15(21(12,19)20)7-5-3-2-4-6-10-18/h8-9,12-18H,2-7,10-11H2,1H3/t12-,13?,14?,15+,16?,17?/m1/s1. The third-order valence-corrected chi connectivity index (χ3v) is 8.89. The number of aliphatic hydroxyl groups is 1. The Morgan fingerprint density at radius 2 is 1.62 bits per heavy atom. The number of unbranched alkanes of at least 4 members (excludes halogenated alkanes) is 4. The molecule has 0 spiro atoms. The fourth-order valence-corrected chi connectivity index (χ4v) is 7.83. The van der Waals surface area contributed by atoms with E-state index in [0.29, 0.717) is 23.7 Å². The number of rotatable bonds is 7. The summed E-state index contributed by atoms with van der Waals surface area (Å²) in [5.74, 6) is 1.85. The molecule has 0 aromatic heterocycles. The fourth-order valence-electron chi connectivity index (χ4n) is 5.14. The Bertz CT molecular complexity index is 496. The molecular weight excluding hydrogens is 284 g/mol. The lowest BCUT2D eigenvalue weighted by atomic mass is 9.78. The van der Waals surface area contributed by atoms with Gasteiger partial charge in [0.1, 0.15) is 0 Å². The average molecular weight is 312 g/mol. The molecule has 1 heterocycles. The number of aliphatic hydroxyl groups excluding tert-OH is 1. The van der Waals surface area contributed by atoms with Gasteiger partial charge in [0.05, 0.1) is 10.5 Å². The molecular formula is C17H28O3S. The molecule has 0 aromatic rings. The van der Waals surface area contributed by atoms with Crippen LogP contribution in [0.3, 0.4) is 0 Å². The number of fused-ring (bicyclic) bond motifs is 5. The normalized spacial score (nSPS) is 42.6. The Morgan fingerprint density at radius 3 is 2.33 bits per heavy atom. The first-order valence-corrected chi connectivity index (χ1v) is 10.2. The molecule has 4 heteroatoms. The Labute approximate surface area is 128 Å². The van der Waals surface area contributed by atoms with E-state index in [9.17, 15) is 8.42 Å². The topological polar surface area (TPSA) is 54.4 Å². The predicted octanol–water partition coefficient (Wildman–Crippen LogP) is 2.94. The van der Waals surface area contributed by atoms with Crippen LogP contribution in [0.15, 0.2) is 12.2 Å². The van der Waals surface area contributed by atoms with E-state index < -0.39 is 9.84 Å². The summed E-state index contributed by atoms with van der Waals surface area (Å²) in [5, 5.41) is 8.55. The van der Waals surface area contributed by atoms with Gasteiger partial charge in [-0.2, -0.15) is 0 Å². The molecule has 1 N–H and O–H groups in total. The Balaban J connectivity index is 1.60. The molecule has 3 nitrogen and oxygen atoms in total. The molecule has 0 aromatic carbocycles. The maximum absolute atomic E-state index is 12.7. The quantitative estimate of drug-likeness (QED) is 0.581. The molecule has 21 heavy (non-hydrogen) atoms. The van der Waals surface area contributed by atoms with E-state index in [2.05, 4.69) is 12.2 Å². The zero-order chi connectivity index (χ0) is 15.0. The largest absolute Gasteiger partial charge is 0.396 e. The first-order valence-electron chi connectivity index (χ1n) is 8.59. The van der Waals surface area contributed by atoms with Gasteiger partial charge in [-0.3, -0.25) is 0 Å². The van der Waals surface area contributed by atoms with Crippen molar-refractivity contribution >= 4 is 9.84 Å². The molecule has 1 saturated heterocycles. The van der Waals surface area contributed by atoms with Crippen molar-refractivity contribution in [1.29, 1.82) is 0 Å². The second-order valence-electron chi connectivity index (χ2n) is 7.22. The SMILES string of the molecule is C[C@@H]1C2C3C=CC(C3)C2[C@H](CCCCCCCO)S1(=O)=O. The van der Waals surface area contributed by atoms with Crippen molar-refractivity contribution in [3.8, 4) is 0 Å². The molecule has 6 atom stereocenters. The molecule has 2 bridgehead atoms. The molecule has 3 aliphatic rings. The highest BCUT2D eigenvalue weighted by atomic mass is 32.2. The number of hydrogen-bond donors (Lipinski definition) is 1. The summed E-state index contributed by atoms with van der Waals surface area (Å²) in [4.78, 5) is 0. The molecule has 120 valence electrons. The predicted molar refractivity (Wildman–Crippen MR) is 84.7 cm³/mol. The van der Waals surface area contributed by atoms with Crippen LogP contribution in [0.4, 0.5) is 0 Å². The van der Waals surface area contributed by atoms with Crippen LogP contribution < -0.4 is 0 Å². The second-order valence-corrected chi connectivity index (χ2v) is 9.74. The van der Waals surface area contributed by atoms with Crippen LogP contribution in [0.1, 0.15) is 51.9 Å². The lowest BCUT2D eigenvalue weighted by Gasteiger charge is -2.24. The van der Waals surface area contributed by atoms with Gasteiger partial charge < -0.3 is 5.11 Å². The molecule has 4 unspecified atom stereocenters. The van der Waals surface area contributed by atoms with E-state index in [1.807, 2.05) is 6.92 Å². The number of hydrogen-bond acceptors (Lipinski definition) is 3. The maximum atomic E-state index is 12.7. The molecule has 1 saturated carbocycles. The lowest BCUT2D eigenvalue weighted by molar-refractivity contribution is 0.281. The first kappa shape index (κ1) is 15.5. The third kappa shape index (κ3) is 2.59. The van der Waals surface area contributed by atoms with E-state index in [-0.39, 0.29) is 17.1 Å². The summed E-state index contributed by atoms with van der Waals surface area (Å²) in [6, 6.07) is 0. The van der Waals surface area contributed by atoms with E-state index in [0.717, 1.165) is 38.5 Å². The minimum absolute atomic E-state index is 0.0877. The summed E-state index contributed by atoms with van der Waals surface area (Å²) in [7, 11) is -2.93. The smallest absolute Gasteiger partial charge is 0.156 e. The minimum Gasteiger partial charge on any atom is -0.396 e. The number of sulfone groups is 1. The summed E-state index contributed by atoms with van der Waals surface area (Å²) in [6.07, 6.45) is 11.8. The molecule has 1 aliphatic heterocycles. The van der Waals surface area contributed by atoms with E-state index >= 15 is 0 Å². The van der Waals surface area contributed by atoms with Gasteiger partial charge >= 0.3 is 0 Å². The molecule has 2 fully saturated rings. The van der Waals surface area contributed by atoms with E-state index in [1.165, 1.54) is 6.42 Å². The van der Waals surface area contributed by atoms with Crippen LogP contribution in [0.25, 0.3) is 0 Å².